The summed E-state index contributed by atoms with van der Waals surface area (Å²) in [5, 5.41) is 0. The van der Waals surface area contributed by atoms with Gasteiger partial charge in [-0.1, -0.05) is 18.2 Å². The lowest BCUT2D eigenvalue weighted by atomic mass is 10.5. The average Bonchev–Trinajstić information content (AvgIpc) is 1.83. The van der Waals surface area contributed by atoms with E-state index in [4.69, 9.17) is 0 Å². The van der Waals surface area contributed by atoms with Crippen molar-refractivity contribution >= 4 is 11.8 Å². The zero-order valence-electron chi connectivity index (χ0n) is 5.64. The SMILES string of the molecule is C/C=C\C=C(\C)SC. The van der Waals surface area contributed by atoms with Crippen LogP contribution in [-0.2, 0) is 0 Å². The van der Waals surface area contributed by atoms with Crippen LogP contribution in [0.1, 0.15) is 13.8 Å². The van der Waals surface area contributed by atoms with E-state index in [9.17, 15) is 0 Å². The molecule has 0 bridgehead atoms. The highest BCUT2D eigenvalue weighted by molar-refractivity contribution is 8.02. The summed E-state index contributed by atoms with van der Waals surface area (Å²) in [6.07, 6.45) is 8.26. The van der Waals surface area contributed by atoms with Gasteiger partial charge in [-0.25, -0.2) is 0 Å². The lowest BCUT2D eigenvalue weighted by molar-refractivity contribution is 1.65. The highest BCUT2D eigenvalue weighted by atomic mass is 32.2. The van der Waals surface area contributed by atoms with Crippen LogP contribution >= 0.6 is 11.8 Å². The Morgan fingerprint density at radius 1 is 1.50 bits per heavy atom. The topological polar surface area (TPSA) is 0 Å². The van der Waals surface area contributed by atoms with Gasteiger partial charge in [-0.15, -0.1) is 11.8 Å². The van der Waals surface area contributed by atoms with Crippen molar-refractivity contribution in [2.24, 2.45) is 0 Å². The molecule has 0 radical (unpaired) electrons. The maximum atomic E-state index is 2.10. The normalized spacial score (nSPS) is 13.1. The van der Waals surface area contributed by atoms with Crippen molar-refractivity contribution in [2.45, 2.75) is 13.8 Å². The maximum absolute atomic E-state index is 2.10. The molecule has 0 atom stereocenters. The largest absolute Gasteiger partial charge is 0.134 e. The van der Waals surface area contributed by atoms with Crippen LogP contribution < -0.4 is 0 Å². The standard InChI is InChI=1S/C7H12S/c1-4-5-6-7(2)8-3/h4-6H,1-3H3/b5-4-,7-6-. The number of allylic oxidation sites excluding steroid dienone is 4. The van der Waals surface area contributed by atoms with Gasteiger partial charge in [0, 0.05) is 0 Å². The molecule has 8 heavy (non-hydrogen) atoms. The second-order valence-electron chi connectivity index (χ2n) is 1.51. The Kier molecular flexibility index (Phi) is 4.87. The summed E-state index contributed by atoms with van der Waals surface area (Å²) in [6.45, 7) is 4.12. The van der Waals surface area contributed by atoms with Crippen molar-refractivity contribution in [3.8, 4) is 0 Å². The minimum atomic E-state index is 1.35. The molecule has 0 unspecified atom stereocenters. The molecule has 0 aliphatic rings. The molecule has 0 heterocycles. The maximum Gasteiger partial charge on any atom is -0.0140 e. The molecule has 0 aliphatic heterocycles. The fourth-order valence-electron chi connectivity index (χ4n) is 0.300. The third-order valence-electron chi connectivity index (χ3n) is 0.845. The summed E-state index contributed by atoms with van der Waals surface area (Å²) in [5.74, 6) is 0. The molecule has 0 aliphatic carbocycles. The third-order valence-corrected chi connectivity index (χ3v) is 1.63. The first-order valence-electron chi connectivity index (χ1n) is 2.65. The lowest BCUT2D eigenvalue weighted by Crippen LogP contribution is -1.59. The van der Waals surface area contributed by atoms with Gasteiger partial charge in [-0.05, 0) is 25.0 Å². The molecule has 0 aromatic carbocycles. The van der Waals surface area contributed by atoms with Crippen LogP contribution in [0.2, 0.25) is 0 Å². The van der Waals surface area contributed by atoms with Gasteiger partial charge < -0.3 is 0 Å². The summed E-state index contributed by atoms with van der Waals surface area (Å²) < 4.78 is 0. The molecule has 0 saturated carbocycles. The first-order chi connectivity index (χ1) is 3.81. The van der Waals surface area contributed by atoms with Crippen LogP contribution in [0, 0.1) is 0 Å². The van der Waals surface area contributed by atoms with E-state index in [-0.39, 0.29) is 0 Å². The Morgan fingerprint density at radius 2 is 2.12 bits per heavy atom. The van der Waals surface area contributed by atoms with E-state index in [1.807, 2.05) is 19.1 Å². The summed E-state index contributed by atoms with van der Waals surface area (Å²) in [5.41, 5.74) is 0. The second-order valence-corrected chi connectivity index (χ2v) is 2.56. The van der Waals surface area contributed by atoms with Crippen LogP contribution in [0.3, 0.4) is 0 Å². The second kappa shape index (κ2) is 4.98. The van der Waals surface area contributed by atoms with Crippen molar-refractivity contribution in [1.82, 2.24) is 0 Å². The van der Waals surface area contributed by atoms with Crippen molar-refractivity contribution in [3.05, 3.63) is 23.1 Å². The first-order valence-corrected chi connectivity index (χ1v) is 3.87. The van der Waals surface area contributed by atoms with E-state index in [0.29, 0.717) is 0 Å². The van der Waals surface area contributed by atoms with Gasteiger partial charge in [0.15, 0.2) is 0 Å². The molecule has 0 fully saturated rings. The average molecular weight is 128 g/mol. The van der Waals surface area contributed by atoms with Crippen LogP contribution in [0.4, 0.5) is 0 Å². The molecular formula is C7H12S. The summed E-state index contributed by atoms with van der Waals surface area (Å²) in [6, 6.07) is 0. The summed E-state index contributed by atoms with van der Waals surface area (Å²) in [7, 11) is 0. The zero-order valence-corrected chi connectivity index (χ0v) is 6.46. The van der Waals surface area contributed by atoms with Gasteiger partial charge in [0.25, 0.3) is 0 Å². The number of rotatable bonds is 2. The highest BCUT2D eigenvalue weighted by Crippen LogP contribution is 2.08. The first kappa shape index (κ1) is 7.83. The zero-order chi connectivity index (χ0) is 6.41. The van der Waals surface area contributed by atoms with Gasteiger partial charge in [0.2, 0.25) is 0 Å². The molecule has 46 valence electrons. The third kappa shape index (κ3) is 4.00. The molecule has 0 nitrogen and oxygen atoms in total. The van der Waals surface area contributed by atoms with E-state index < -0.39 is 0 Å². The quantitative estimate of drug-likeness (QED) is 0.515. The molecule has 0 saturated heterocycles. The van der Waals surface area contributed by atoms with Gasteiger partial charge in [0.05, 0.1) is 0 Å². The van der Waals surface area contributed by atoms with Crippen molar-refractivity contribution in [1.29, 1.82) is 0 Å². The molecular weight excluding hydrogens is 116 g/mol. The van der Waals surface area contributed by atoms with E-state index in [2.05, 4.69) is 19.3 Å². The fraction of sp³-hybridized carbons (Fsp3) is 0.429. The molecule has 0 rings (SSSR count). The number of thioether (sulfide) groups is 1. The predicted octanol–water partition coefficient (Wildman–Crippen LogP) is 2.83. The Hall–Kier alpha value is -0.170. The smallest absolute Gasteiger partial charge is 0.0140 e. The minimum Gasteiger partial charge on any atom is -0.134 e. The highest BCUT2D eigenvalue weighted by Gasteiger charge is 1.76. The van der Waals surface area contributed by atoms with Gasteiger partial charge in [-0.3, -0.25) is 0 Å². The van der Waals surface area contributed by atoms with E-state index in [0.717, 1.165) is 0 Å². The lowest BCUT2D eigenvalue weighted by Gasteiger charge is -1.86. The van der Waals surface area contributed by atoms with Gasteiger partial charge in [-0.2, -0.15) is 0 Å². The van der Waals surface area contributed by atoms with Crippen LogP contribution in [0.5, 0.6) is 0 Å². The Morgan fingerprint density at radius 3 is 2.50 bits per heavy atom. The van der Waals surface area contributed by atoms with Gasteiger partial charge in [0.1, 0.15) is 0 Å². The summed E-state index contributed by atoms with van der Waals surface area (Å²) in [4.78, 5) is 1.35. The minimum absolute atomic E-state index is 1.35. The van der Waals surface area contributed by atoms with E-state index in [1.165, 1.54) is 4.91 Å². The molecule has 0 aromatic rings. The van der Waals surface area contributed by atoms with E-state index >= 15 is 0 Å². The molecule has 0 aromatic heterocycles. The van der Waals surface area contributed by atoms with Crippen molar-refractivity contribution in [2.75, 3.05) is 6.26 Å². The molecule has 0 spiro atoms. The number of hydrogen-bond acceptors (Lipinski definition) is 1. The molecule has 1 heteroatoms. The monoisotopic (exact) mass is 128 g/mol. The fourth-order valence-corrected chi connectivity index (χ4v) is 0.514. The van der Waals surface area contributed by atoms with Crippen LogP contribution in [0.25, 0.3) is 0 Å². The predicted molar refractivity (Wildman–Crippen MR) is 42.1 cm³/mol. The van der Waals surface area contributed by atoms with Gasteiger partial charge >= 0.3 is 0 Å². The van der Waals surface area contributed by atoms with Crippen molar-refractivity contribution < 1.29 is 0 Å². The Labute approximate surface area is 55.7 Å². The summed E-state index contributed by atoms with van der Waals surface area (Å²) >= 11 is 1.77. The number of hydrogen-bond donors (Lipinski definition) is 0. The van der Waals surface area contributed by atoms with Crippen LogP contribution in [0.15, 0.2) is 23.1 Å². The molecule has 0 amide bonds. The van der Waals surface area contributed by atoms with Crippen LogP contribution in [-0.4, -0.2) is 6.26 Å². The van der Waals surface area contributed by atoms with E-state index in [1.54, 1.807) is 11.8 Å². The Balaban J connectivity index is 3.57. The Bertz CT molecular complexity index is 101. The van der Waals surface area contributed by atoms with Crippen molar-refractivity contribution in [3.63, 3.8) is 0 Å². The molecule has 0 N–H and O–H groups in total.